The summed E-state index contributed by atoms with van der Waals surface area (Å²) in [5.74, 6) is 0. The SMILES string of the molecule is N#CCCN(C(=O)NC1CCc2ccccc21)C1CCCCC1. The number of nitriles is 1. The van der Waals surface area contributed by atoms with E-state index < -0.39 is 0 Å². The van der Waals surface area contributed by atoms with Gasteiger partial charge in [-0.2, -0.15) is 5.26 Å². The molecule has 3 rings (SSSR count). The number of nitrogens with one attached hydrogen (secondary N) is 1. The van der Waals surface area contributed by atoms with Crippen molar-refractivity contribution in [2.45, 2.75) is 63.5 Å². The van der Waals surface area contributed by atoms with E-state index >= 15 is 0 Å². The van der Waals surface area contributed by atoms with E-state index in [1.165, 1.54) is 30.4 Å². The van der Waals surface area contributed by atoms with E-state index in [4.69, 9.17) is 5.26 Å². The van der Waals surface area contributed by atoms with Crippen LogP contribution in [0.5, 0.6) is 0 Å². The lowest BCUT2D eigenvalue weighted by molar-refractivity contribution is 0.154. The van der Waals surface area contributed by atoms with Gasteiger partial charge in [0.15, 0.2) is 0 Å². The van der Waals surface area contributed by atoms with Crippen LogP contribution in [0, 0.1) is 11.3 Å². The Balaban J connectivity index is 1.67. The molecule has 4 heteroatoms. The minimum absolute atomic E-state index is 0.00820. The van der Waals surface area contributed by atoms with Gasteiger partial charge in [0.05, 0.1) is 18.5 Å². The van der Waals surface area contributed by atoms with E-state index in [0.717, 1.165) is 25.7 Å². The molecule has 0 bridgehead atoms. The summed E-state index contributed by atoms with van der Waals surface area (Å²) in [5, 5.41) is 12.1. The highest BCUT2D eigenvalue weighted by Gasteiger charge is 2.29. The minimum atomic E-state index is 0.00820. The maximum Gasteiger partial charge on any atom is 0.318 e. The maximum atomic E-state index is 12.8. The second-order valence-electron chi connectivity index (χ2n) is 6.63. The average molecular weight is 311 g/mol. The van der Waals surface area contributed by atoms with Gasteiger partial charge in [0, 0.05) is 12.6 Å². The fourth-order valence-electron chi connectivity index (χ4n) is 3.95. The van der Waals surface area contributed by atoms with Crippen molar-refractivity contribution in [3.63, 3.8) is 0 Å². The van der Waals surface area contributed by atoms with Crippen LogP contribution in [0.3, 0.4) is 0 Å². The fourth-order valence-corrected chi connectivity index (χ4v) is 3.95. The average Bonchev–Trinajstić information content (AvgIpc) is 2.99. The van der Waals surface area contributed by atoms with E-state index in [1.807, 2.05) is 11.0 Å². The summed E-state index contributed by atoms with van der Waals surface area (Å²) in [6.45, 7) is 0.543. The van der Waals surface area contributed by atoms with Crippen LogP contribution in [0.2, 0.25) is 0 Å². The van der Waals surface area contributed by atoms with Crippen molar-refractivity contribution >= 4 is 6.03 Å². The normalized spacial score (nSPS) is 20.6. The van der Waals surface area contributed by atoms with Crippen molar-refractivity contribution in [1.82, 2.24) is 10.2 Å². The van der Waals surface area contributed by atoms with Crippen LogP contribution in [0.1, 0.15) is 62.1 Å². The van der Waals surface area contributed by atoms with E-state index in [0.29, 0.717) is 19.0 Å². The number of benzene rings is 1. The Morgan fingerprint density at radius 2 is 2.00 bits per heavy atom. The third-order valence-corrected chi connectivity index (χ3v) is 5.17. The maximum absolute atomic E-state index is 12.8. The van der Waals surface area contributed by atoms with Crippen molar-refractivity contribution in [2.75, 3.05) is 6.54 Å². The number of aryl methyl sites for hydroxylation is 1. The lowest BCUT2D eigenvalue weighted by Gasteiger charge is -2.34. The molecule has 1 unspecified atom stereocenters. The lowest BCUT2D eigenvalue weighted by atomic mass is 9.94. The van der Waals surface area contributed by atoms with E-state index in [-0.39, 0.29) is 12.1 Å². The van der Waals surface area contributed by atoms with Crippen molar-refractivity contribution in [3.8, 4) is 6.07 Å². The standard InChI is InChI=1S/C19H25N3O/c20-13-6-14-22(16-8-2-1-3-9-16)19(23)21-18-12-11-15-7-4-5-10-17(15)18/h4-5,7,10,16,18H,1-3,6,8-9,11-12,14H2,(H,21,23). The van der Waals surface area contributed by atoms with Crippen molar-refractivity contribution < 1.29 is 4.79 Å². The Kier molecular flexibility index (Phi) is 5.17. The van der Waals surface area contributed by atoms with Gasteiger partial charge in [-0.15, -0.1) is 0 Å². The monoisotopic (exact) mass is 311 g/mol. The molecular weight excluding hydrogens is 286 g/mol. The van der Waals surface area contributed by atoms with Gasteiger partial charge < -0.3 is 10.2 Å². The van der Waals surface area contributed by atoms with Gasteiger partial charge in [0.25, 0.3) is 0 Å². The predicted octanol–water partition coefficient (Wildman–Crippen LogP) is 3.93. The van der Waals surface area contributed by atoms with Crippen molar-refractivity contribution in [2.24, 2.45) is 0 Å². The molecule has 0 aliphatic heterocycles. The smallest absolute Gasteiger partial charge is 0.318 e. The predicted molar refractivity (Wildman–Crippen MR) is 89.8 cm³/mol. The molecule has 4 nitrogen and oxygen atoms in total. The number of amides is 2. The van der Waals surface area contributed by atoms with Crippen LogP contribution in [-0.2, 0) is 6.42 Å². The largest absolute Gasteiger partial charge is 0.331 e. The van der Waals surface area contributed by atoms with Gasteiger partial charge in [-0.1, -0.05) is 43.5 Å². The highest BCUT2D eigenvalue weighted by Crippen LogP contribution is 2.31. The highest BCUT2D eigenvalue weighted by molar-refractivity contribution is 5.75. The summed E-state index contributed by atoms with van der Waals surface area (Å²) in [6.07, 6.45) is 8.19. The van der Waals surface area contributed by atoms with Crippen LogP contribution in [0.4, 0.5) is 4.79 Å². The molecule has 0 radical (unpaired) electrons. The summed E-state index contributed by atoms with van der Waals surface area (Å²) < 4.78 is 0. The summed E-state index contributed by atoms with van der Waals surface area (Å²) in [6, 6.07) is 11.0. The molecular formula is C19H25N3O. The summed E-state index contributed by atoms with van der Waals surface area (Å²) in [7, 11) is 0. The molecule has 0 heterocycles. The second-order valence-corrected chi connectivity index (χ2v) is 6.63. The highest BCUT2D eigenvalue weighted by atomic mass is 16.2. The van der Waals surface area contributed by atoms with E-state index in [1.54, 1.807) is 0 Å². The van der Waals surface area contributed by atoms with Crippen LogP contribution >= 0.6 is 0 Å². The topological polar surface area (TPSA) is 56.1 Å². The molecule has 1 fully saturated rings. The molecule has 2 amide bonds. The van der Waals surface area contributed by atoms with Crippen LogP contribution in [0.25, 0.3) is 0 Å². The molecule has 0 spiro atoms. The van der Waals surface area contributed by atoms with Crippen molar-refractivity contribution in [1.29, 1.82) is 5.26 Å². The van der Waals surface area contributed by atoms with Crippen molar-refractivity contribution in [3.05, 3.63) is 35.4 Å². The molecule has 0 aromatic heterocycles. The molecule has 122 valence electrons. The molecule has 1 N–H and O–H groups in total. The van der Waals surface area contributed by atoms with Crippen LogP contribution in [-0.4, -0.2) is 23.5 Å². The number of hydrogen-bond donors (Lipinski definition) is 1. The molecule has 1 aromatic carbocycles. The first kappa shape index (κ1) is 15.9. The summed E-state index contributed by atoms with van der Waals surface area (Å²) in [5.41, 5.74) is 2.60. The van der Waals surface area contributed by atoms with Crippen LogP contribution < -0.4 is 5.32 Å². The number of hydrogen-bond acceptors (Lipinski definition) is 2. The number of urea groups is 1. The molecule has 1 saturated carbocycles. The molecule has 1 atom stereocenters. The molecule has 1 aromatic rings. The minimum Gasteiger partial charge on any atom is -0.331 e. The Morgan fingerprint density at radius 3 is 2.78 bits per heavy atom. The Hall–Kier alpha value is -2.02. The second kappa shape index (κ2) is 7.50. The third kappa shape index (κ3) is 3.67. The summed E-state index contributed by atoms with van der Waals surface area (Å²) in [4.78, 5) is 14.7. The zero-order chi connectivity index (χ0) is 16.1. The first-order chi connectivity index (χ1) is 11.3. The molecule has 2 aliphatic carbocycles. The van der Waals surface area contributed by atoms with Gasteiger partial charge in [-0.05, 0) is 36.8 Å². The van der Waals surface area contributed by atoms with Gasteiger partial charge in [0.2, 0.25) is 0 Å². The van der Waals surface area contributed by atoms with Gasteiger partial charge >= 0.3 is 6.03 Å². The quantitative estimate of drug-likeness (QED) is 0.916. The van der Waals surface area contributed by atoms with Crippen LogP contribution in [0.15, 0.2) is 24.3 Å². The fraction of sp³-hybridized carbons (Fsp3) is 0.579. The molecule has 23 heavy (non-hydrogen) atoms. The van der Waals surface area contributed by atoms with Gasteiger partial charge in [-0.3, -0.25) is 0 Å². The third-order valence-electron chi connectivity index (χ3n) is 5.17. The number of rotatable bonds is 4. The number of fused-ring (bicyclic) bond motifs is 1. The molecule has 2 aliphatic rings. The Bertz CT molecular complexity index is 587. The zero-order valence-corrected chi connectivity index (χ0v) is 13.6. The zero-order valence-electron chi connectivity index (χ0n) is 13.6. The number of carbonyl (C=O) groups excluding carboxylic acids is 1. The van der Waals surface area contributed by atoms with E-state index in [2.05, 4.69) is 29.6 Å². The lowest BCUT2D eigenvalue weighted by Crippen LogP contribution is -2.48. The number of nitrogens with zero attached hydrogens (tertiary/aromatic N) is 2. The van der Waals surface area contributed by atoms with E-state index in [9.17, 15) is 4.79 Å². The number of carbonyl (C=O) groups is 1. The Morgan fingerprint density at radius 1 is 1.22 bits per heavy atom. The van der Waals surface area contributed by atoms with Gasteiger partial charge in [0.1, 0.15) is 0 Å². The first-order valence-electron chi connectivity index (χ1n) is 8.81. The first-order valence-corrected chi connectivity index (χ1v) is 8.81. The molecule has 0 saturated heterocycles. The van der Waals surface area contributed by atoms with Gasteiger partial charge in [-0.25, -0.2) is 4.79 Å². The summed E-state index contributed by atoms with van der Waals surface area (Å²) >= 11 is 0. The Labute approximate surface area is 138 Å².